The molecule has 2 heterocycles. The summed E-state index contributed by atoms with van der Waals surface area (Å²) in [5.41, 5.74) is 0. The fraction of sp³-hybridized carbons (Fsp3) is 0.909. The number of piperidine rings is 1. The first-order valence-electron chi connectivity index (χ1n) is 5.94. The Balaban J connectivity index is 0.00000162. The molecule has 1 N–H and O–H groups in total. The van der Waals surface area contributed by atoms with Crippen molar-refractivity contribution in [1.82, 2.24) is 10.2 Å². The van der Waals surface area contributed by atoms with Crippen LogP contribution in [-0.4, -0.2) is 55.6 Å². The van der Waals surface area contributed by atoms with Gasteiger partial charge in [0.15, 0.2) is 0 Å². The normalized spacial score (nSPS) is 27.9. The van der Waals surface area contributed by atoms with Crippen molar-refractivity contribution in [3.05, 3.63) is 0 Å². The highest BCUT2D eigenvalue weighted by atomic mass is 35.5. The summed E-state index contributed by atoms with van der Waals surface area (Å²) in [6.07, 6.45) is 1.38. The molecule has 2 aliphatic heterocycles. The van der Waals surface area contributed by atoms with Crippen LogP contribution in [-0.2, 0) is 9.53 Å². The number of alkyl halides is 2. The number of carbonyl (C=O) groups is 1. The number of hydrogen-bond acceptors (Lipinski definition) is 3. The molecule has 0 radical (unpaired) electrons. The topological polar surface area (TPSA) is 41.6 Å². The molecule has 7 heteroatoms. The smallest absolute Gasteiger partial charge is 0.262 e. The molecule has 1 atom stereocenters. The number of methoxy groups -OCH3 is 1. The van der Waals surface area contributed by atoms with Crippen molar-refractivity contribution in [2.75, 3.05) is 26.7 Å². The Morgan fingerprint density at radius 1 is 1.39 bits per heavy atom. The summed E-state index contributed by atoms with van der Waals surface area (Å²) < 4.78 is 31.2. The molecule has 0 aromatic rings. The number of nitrogens with one attached hydrogen (secondary N) is 1. The summed E-state index contributed by atoms with van der Waals surface area (Å²) >= 11 is 0. The van der Waals surface area contributed by atoms with E-state index in [1.807, 2.05) is 0 Å². The van der Waals surface area contributed by atoms with E-state index in [4.69, 9.17) is 4.74 Å². The lowest BCUT2D eigenvalue weighted by atomic mass is 10.1. The first-order valence-corrected chi connectivity index (χ1v) is 5.94. The Hall–Kier alpha value is -0.460. The van der Waals surface area contributed by atoms with Gasteiger partial charge in [0, 0.05) is 26.6 Å². The van der Waals surface area contributed by atoms with Crippen molar-refractivity contribution in [1.29, 1.82) is 0 Å². The minimum absolute atomic E-state index is 0. The molecule has 0 aromatic heterocycles. The van der Waals surface area contributed by atoms with Crippen molar-refractivity contribution in [3.8, 4) is 0 Å². The zero-order valence-corrected chi connectivity index (χ0v) is 11.1. The van der Waals surface area contributed by atoms with Gasteiger partial charge in [-0.05, 0) is 12.8 Å². The summed E-state index contributed by atoms with van der Waals surface area (Å²) in [4.78, 5) is 13.6. The van der Waals surface area contributed by atoms with Crippen LogP contribution in [0.2, 0.25) is 0 Å². The van der Waals surface area contributed by atoms with E-state index in [1.54, 1.807) is 12.0 Å². The predicted molar refractivity (Wildman–Crippen MR) is 65.2 cm³/mol. The Labute approximate surface area is 111 Å². The largest absolute Gasteiger partial charge is 0.381 e. The molecule has 0 aromatic carbocycles. The number of carbonyl (C=O) groups excluding carboxylic acids is 1. The third kappa shape index (κ3) is 3.52. The molecule has 2 rings (SSSR count). The molecule has 4 nitrogen and oxygen atoms in total. The molecule has 0 bridgehead atoms. The number of nitrogens with zero attached hydrogens (tertiary/aromatic N) is 1. The van der Waals surface area contributed by atoms with Crippen LogP contribution in [0.3, 0.4) is 0 Å². The number of hydrogen-bond donors (Lipinski definition) is 1. The Kier molecular flexibility index (Phi) is 5.31. The third-order valence-corrected chi connectivity index (χ3v) is 3.49. The van der Waals surface area contributed by atoms with E-state index in [2.05, 4.69) is 5.32 Å². The second-order valence-corrected chi connectivity index (χ2v) is 4.75. The molecule has 18 heavy (non-hydrogen) atoms. The Bertz CT molecular complexity index is 297. The van der Waals surface area contributed by atoms with Crippen LogP contribution in [0.1, 0.15) is 19.3 Å². The van der Waals surface area contributed by atoms with Gasteiger partial charge in [-0.25, -0.2) is 8.78 Å². The molecule has 2 fully saturated rings. The number of amides is 1. The zero-order chi connectivity index (χ0) is 12.5. The van der Waals surface area contributed by atoms with E-state index in [0.29, 0.717) is 13.1 Å². The lowest BCUT2D eigenvalue weighted by Crippen LogP contribution is -2.48. The minimum Gasteiger partial charge on any atom is -0.381 e. The van der Waals surface area contributed by atoms with E-state index in [0.717, 1.165) is 12.8 Å². The lowest BCUT2D eigenvalue weighted by Gasteiger charge is -2.32. The van der Waals surface area contributed by atoms with Crippen LogP contribution in [0.15, 0.2) is 0 Å². The summed E-state index contributed by atoms with van der Waals surface area (Å²) in [5, 5.41) is 2.60. The predicted octanol–water partition coefficient (Wildman–Crippen LogP) is 1.04. The standard InChI is InChI=1S/C11H18F2N2O2.ClH/c1-17-8-2-4-15(5-3-8)10(16)9-6-11(12,13)7-14-9;/h8-9,14H,2-7H2,1H3;1H. The molecular weight excluding hydrogens is 266 g/mol. The van der Waals surface area contributed by atoms with Gasteiger partial charge in [0.1, 0.15) is 0 Å². The maximum Gasteiger partial charge on any atom is 0.262 e. The summed E-state index contributed by atoms with van der Waals surface area (Å²) in [6.45, 7) is 0.806. The summed E-state index contributed by atoms with van der Waals surface area (Å²) in [5.74, 6) is -2.94. The maximum absolute atomic E-state index is 13.0. The molecule has 1 unspecified atom stereocenters. The van der Waals surface area contributed by atoms with Crippen molar-refractivity contribution < 1.29 is 18.3 Å². The van der Waals surface area contributed by atoms with Crippen molar-refractivity contribution in [3.63, 3.8) is 0 Å². The van der Waals surface area contributed by atoms with Gasteiger partial charge >= 0.3 is 0 Å². The van der Waals surface area contributed by atoms with Gasteiger partial charge in [0.2, 0.25) is 5.91 Å². The molecule has 106 valence electrons. The van der Waals surface area contributed by atoms with Crippen LogP contribution >= 0.6 is 12.4 Å². The first-order chi connectivity index (χ1) is 8.02. The number of ether oxygens (including phenoxy) is 1. The highest BCUT2D eigenvalue weighted by molar-refractivity contribution is 5.85. The van der Waals surface area contributed by atoms with Crippen LogP contribution in [0.25, 0.3) is 0 Å². The second-order valence-electron chi connectivity index (χ2n) is 4.75. The molecule has 0 aliphatic carbocycles. The van der Waals surface area contributed by atoms with Gasteiger partial charge in [-0.1, -0.05) is 0 Å². The number of rotatable bonds is 2. The summed E-state index contributed by atoms with van der Waals surface area (Å²) in [7, 11) is 1.65. The fourth-order valence-electron chi connectivity index (χ4n) is 2.42. The van der Waals surface area contributed by atoms with E-state index >= 15 is 0 Å². The van der Waals surface area contributed by atoms with Crippen LogP contribution in [0.5, 0.6) is 0 Å². The van der Waals surface area contributed by atoms with Crippen LogP contribution in [0, 0.1) is 0 Å². The number of likely N-dealkylation sites (tertiary alicyclic amines) is 1. The monoisotopic (exact) mass is 284 g/mol. The fourth-order valence-corrected chi connectivity index (χ4v) is 2.42. The molecule has 2 aliphatic rings. The van der Waals surface area contributed by atoms with E-state index in [1.165, 1.54) is 0 Å². The highest BCUT2D eigenvalue weighted by Crippen LogP contribution is 2.26. The van der Waals surface area contributed by atoms with E-state index in [9.17, 15) is 13.6 Å². The molecular formula is C11H19ClF2N2O2. The average Bonchev–Trinajstić information content (AvgIpc) is 2.69. The molecule has 0 spiro atoms. The molecule has 1 amide bonds. The third-order valence-electron chi connectivity index (χ3n) is 3.49. The van der Waals surface area contributed by atoms with Crippen molar-refractivity contribution >= 4 is 18.3 Å². The van der Waals surface area contributed by atoms with Gasteiger partial charge in [0.25, 0.3) is 5.92 Å². The van der Waals surface area contributed by atoms with Gasteiger partial charge in [0.05, 0.1) is 18.7 Å². The Morgan fingerprint density at radius 3 is 2.44 bits per heavy atom. The van der Waals surface area contributed by atoms with Gasteiger partial charge < -0.3 is 9.64 Å². The average molecular weight is 285 g/mol. The van der Waals surface area contributed by atoms with E-state index in [-0.39, 0.29) is 30.8 Å². The number of halogens is 3. The lowest BCUT2D eigenvalue weighted by molar-refractivity contribution is -0.136. The minimum atomic E-state index is -2.74. The van der Waals surface area contributed by atoms with E-state index < -0.39 is 18.5 Å². The highest BCUT2D eigenvalue weighted by Gasteiger charge is 2.43. The van der Waals surface area contributed by atoms with Gasteiger partial charge in [-0.15, -0.1) is 12.4 Å². The SMILES string of the molecule is COC1CCN(C(=O)C2CC(F)(F)CN2)CC1.Cl. The van der Waals surface area contributed by atoms with Crippen molar-refractivity contribution in [2.24, 2.45) is 0 Å². The second kappa shape index (κ2) is 6.12. The van der Waals surface area contributed by atoms with Crippen molar-refractivity contribution in [2.45, 2.75) is 37.3 Å². The molecule has 0 saturated carbocycles. The summed E-state index contributed by atoms with van der Waals surface area (Å²) in [6, 6.07) is -0.718. The quantitative estimate of drug-likeness (QED) is 0.824. The van der Waals surface area contributed by atoms with Crippen LogP contribution in [0.4, 0.5) is 8.78 Å². The van der Waals surface area contributed by atoms with Gasteiger partial charge in [-0.3, -0.25) is 10.1 Å². The Morgan fingerprint density at radius 2 is 2.00 bits per heavy atom. The van der Waals surface area contributed by atoms with Gasteiger partial charge in [-0.2, -0.15) is 0 Å². The molecule has 2 saturated heterocycles. The van der Waals surface area contributed by atoms with Crippen LogP contribution < -0.4 is 5.32 Å². The zero-order valence-electron chi connectivity index (χ0n) is 10.3. The maximum atomic E-state index is 13.0. The first kappa shape index (κ1) is 15.6.